The molecular weight excluding hydrogens is 370 g/mol. The molecule has 0 amide bonds. The molecule has 3 rings (SSSR count). The van der Waals surface area contributed by atoms with Crippen LogP contribution >= 0.6 is 0 Å². The lowest BCUT2D eigenvalue weighted by Gasteiger charge is -2.19. The van der Waals surface area contributed by atoms with E-state index in [1.807, 2.05) is 26.8 Å². The van der Waals surface area contributed by atoms with Crippen molar-refractivity contribution in [1.82, 2.24) is 0 Å². The van der Waals surface area contributed by atoms with E-state index in [4.69, 9.17) is 0 Å². The van der Waals surface area contributed by atoms with Gasteiger partial charge in [-0.05, 0) is 130 Å². The molecule has 3 aromatic rings. The van der Waals surface area contributed by atoms with E-state index in [1.54, 1.807) is 0 Å². The van der Waals surface area contributed by atoms with E-state index >= 15 is 0 Å². The third-order valence-electron chi connectivity index (χ3n) is 7.13. The molecule has 30 heavy (non-hydrogen) atoms. The minimum Gasteiger partial charge on any atom is -0.258 e. The van der Waals surface area contributed by atoms with Crippen LogP contribution in [0.2, 0.25) is 0 Å². The molecule has 0 atom stereocenters. The summed E-state index contributed by atoms with van der Waals surface area (Å²) in [6.45, 7) is 18.6. The summed E-state index contributed by atoms with van der Waals surface area (Å²) < 4.78 is 0. The quantitative estimate of drug-likeness (QED) is 0.333. The lowest BCUT2D eigenvalue weighted by atomic mass is 9.85. The molecule has 0 N–H and O–H groups in total. The second kappa shape index (κ2) is 7.71. The van der Waals surface area contributed by atoms with Crippen molar-refractivity contribution in [3.05, 3.63) is 84.5 Å². The Morgan fingerprint density at radius 2 is 1.17 bits per heavy atom. The molecule has 0 aliphatic heterocycles. The van der Waals surface area contributed by atoms with Gasteiger partial charge in [0.15, 0.2) is 0 Å². The van der Waals surface area contributed by atoms with Gasteiger partial charge in [0, 0.05) is 5.56 Å². The second-order valence-electron chi connectivity index (χ2n) is 8.63. The van der Waals surface area contributed by atoms with Crippen molar-refractivity contribution in [1.29, 1.82) is 0 Å². The Hall–Kier alpha value is -2.94. The summed E-state index contributed by atoms with van der Waals surface area (Å²) >= 11 is 0. The zero-order chi connectivity index (χ0) is 22.5. The minimum atomic E-state index is -0.227. The normalized spacial score (nSPS) is 11.1. The Kier molecular flexibility index (Phi) is 5.60. The van der Waals surface area contributed by atoms with Crippen LogP contribution in [0.4, 0.5) is 5.69 Å². The highest BCUT2D eigenvalue weighted by Gasteiger charge is 2.25. The summed E-state index contributed by atoms with van der Waals surface area (Å²) in [5.74, 6) is 0. The highest BCUT2D eigenvalue weighted by Crippen LogP contribution is 2.42. The van der Waals surface area contributed by atoms with Crippen LogP contribution < -0.4 is 0 Å². The average Bonchev–Trinajstić information content (AvgIpc) is 2.70. The van der Waals surface area contributed by atoms with Gasteiger partial charge in [-0.15, -0.1) is 0 Å². The molecule has 3 aromatic carbocycles. The summed E-state index contributed by atoms with van der Waals surface area (Å²) in [4.78, 5) is 11.8. The van der Waals surface area contributed by atoms with Gasteiger partial charge in [-0.1, -0.05) is 18.2 Å². The maximum atomic E-state index is 12.0. The molecule has 0 aromatic heterocycles. The third-order valence-corrected chi connectivity index (χ3v) is 7.13. The predicted molar refractivity (Wildman–Crippen MR) is 127 cm³/mol. The first-order valence-corrected chi connectivity index (χ1v) is 10.4. The van der Waals surface area contributed by atoms with E-state index in [1.165, 1.54) is 33.4 Å². The fourth-order valence-electron chi connectivity index (χ4n) is 4.43. The Bertz CT molecular complexity index is 1200. The number of benzene rings is 3. The molecule has 0 unspecified atom stereocenters. The molecule has 3 heteroatoms. The number of hydrogen-bond acceptors (Lipinski definition) is 2. The van der Waals surface area contributed by atoms with Crippen LogP contribution in [0.1, 0.15) is 50.1 Å². The van der Waals surface area contributed by atoms with Crippen LogP contribution in [0.25, 0.3) is 22.3 Å². The number of nitro groups is 1. The maximum Gasteiger partial charge on any atom is 0.280 e. The number of nitrogens with zero attached hydrogens (tertiary/aromatic N) is 1. The van der Waals surface area contributed by atoms with Crippen LogP contribution in [0.15, 0.2) is 24.3 Å². The predicted octanol–water partition coefficient (Wildman–Crippen LogP) is 7.70. The van der Waals surface area contributed by atoms with Crippen LogP contribution in [-0.2, 0) is 0 Å². The van der Waals surface area contributed by atoms with Crippen LogP contribution in [0, 0.1) is 72.4 Å². The summed E-state index contributed by atoms with van der Waals surface area (Å²) in [6.07, 6.45) is 0. The maximum absolute atomic E-state index is 12.0. The van der Waals surface area contributed by atoms with E-state index < -0.39 is 0 Å². The van der Waals surface area contributed by atoms with Gasteiger partial charge < -0.3 is 0 Å². The first kappa shape index (κ1) is 21.8. The topological polar surface area (TPSA) is 43.1 Å². The molecule has 0 aliphatic carbocycles. The fraction of sp³-hybridized carbons (Fsp3) is 0.333. The first-order valence-electron chi connectivity index (χ1n) is 10.4. The smallest absolute Gasteiger partial charge is 0.258 e. The third kappa shape index (κ3) is 3.32. The zero-order valence-electron chi connectivity index (χ0n) is 19.6. The molecule has 0 radical (unpaired) electrons. The Balaban J connectivity index is 2.38. The summed E-state index contributed by atoms with van der Waals surface area (Å²) in [6, 6.07) is 8.49. The number of rotatable bonds is 3. The molecule has 0 fully saturated rings. The molecule has 0 bridgehead atoms. The number of aryl methyl sites for hydroxylation is 2. The highest BCUT2D eigenvalue weighted by molar-refractivity contribution is 5.85. The van der Waals surface area contributed by atoms with Gasteiger partial charge in [0.05, 0.1) is 10.5 Å². The average molecular weight is 402 g/mol. The Morgan fingerprint density at radius 1 is 0.600 bits per heavy atom. The largest absolute Gasteiger partial charge is 0.280 e. The van der Waals surface area contributed by atoms with Crippen LogP contribution in [-0.4, -0.2) is 4.92 Å². The van der Waals surface area contributed by atoms with E-state index in [2.05, 4.69) is 59.7 Å². The summed E-state index contributed by atoms with van der Waals surface area (Å²) in [7, 11) is 0. The van der Waals surface area contributed by atoms with Gasteiger partial charge in [0.1, 0.15) is 0 Å². The van der Waals surface area contributed by atoms with Crippen molar-refractivity contribution in [2.75, 3.05) is 0 Å². The van der Waals surface area contributed by atoms with Crippen molar-refractivity contribution in [2.24, 2.45) is 0 Å². The lowest BCUT2D eigenvalue weighted by molar-refractivity contribution is -0.384. The van der Waals surface area contributed by atoms with Gasteiger partial charge in [0.25, 0.3) is 5.69 Å². The van der Waals surface area contributed by atoms with E-state index in [9.17, 15) is 10.1 Å². The van der Waals surface area contributed by atoms with Crippen molar-refractivity contribution in [3.8, 4) is 22.3 Å². The van der Waals surface area contributed by atoms with E-state index in [-0.39, 0.29) is 10.6 Å². The van der Waals surface area contributed by atoms with E-state index in [0.717, 1.165) is 38.9 Å². The first-order chi connectivity index (χ1) is 14.0. The fourth-order valence-corrected chi connectivity index (χ4v) is 4.43. The van der Waals surface area contributed by atoms with Gasteiger partial charge in [-0.3, -0.25) is 10.1 Å². The van der Waals surface area contributed by atoms with Crippen molar-refractivity contribution < 1.29 is 4.92 Å². The highest BCUT2D eigenvalue weighted by atomic mass is 16.6. The van der Waals surface area contributed by atoms with Gasteiger partial charge in [-0.25, -0.2) is 0 Å². The Labute approximate surface area is 179 Å². The monoisotopic (exact) mass is 401 g/mol. The second-order valence-corrected chi connectivity index (χ2v) is 8.63. The van der Waals surface area contributed by atoms with E-state index in [0.29, 0.717) is 0 Å². The van der Waals surface area contributed by atoms with Gasteiger partial charge >= 0.3 is 0 Å². The van der Waals surface area contributed by atoms with Crippen LogP contribution in [0.3, 0.4) is 0 Å². The molecule has 0 saturated carbocycles. The van der Waals surface area contributed by atoms with Gasteiger partial charge in [0.2, 0.25) is 0 Å². The van der Waals surface area contributed by atoms with Crippen molar-refractivity contribution in [3.63, 3.8) is 0 Å². The van der Waals surface area contributed by atoms with Crippen molar-refractivity contribution in [2.45, 2.75) is 62.3 Å². The van der Waals surface area contributed by atoms with Crippen molar-refractivity contribution >= 4 is 5.69 Å². The zero-order valence-corrected chi connectivity index (χ0v) is 19.6. The molecule has 0 heterocycles. The standard InChI is InChI=1S/C27H31NO2/c1-14-10-11-23(13-24(14)25-12-15(2)16(3)17(4)20(25)7)26-21(8)18(5)19(6)22(9)27(26)28(29)30/h10-13H,1-9H3. The molecule has 156 valence electrons. The van der Waals surface area contributed by atoms with Crippen LogP contribution in [0.5, 0.6) is 0 Å². The summed E-state index contributed by atoms with van der Waals surface area (Å²) in [5, 5.41) is 12.0. The number of hydrogen-bond donors (Lipinski definition) is 0. The minimum absolute atomic E-state index is 0.221. The molecule has 3 nitrogen and oxygen atoms in total. The SMILES string of the molecule is Cc1ccc(-c2c(C)c(C)c(C)c(C)c2[N+](=O)[O-])cc1-c1cc(C)c(C)c(C)c1C. The Morgan fingerprint density at radius 3 is 1.77 bits per heavy atom. The molecule has 0 saturated heterocycles. The van der Waals surface area contributed by atoms with Gasteiger partial charge in [-0.2, -0.15) is 0 Å². The summed E-state index contributed by atoms with van der Waals surface area (Å²) in [5.41, 5.74) is 14.4. The molecule has 0 spiro atoms. The molecule has 0 aliphatic rings. The lowest BCUT2D eigenvalue weighted by Crippen LogP contribution is -2.03. The molecular formula is C27H31NO2. The number of nitro benzene ring substituents is 1.